The first-order chi connectivity index (χ1) is 12.1. The Morgan fingerprint density at radius 2 is 1.76 bits per heavy atom. The molecule has 1 aromatic carbocycles. The Bertz CT molecular complexity index is 661. The lowest BCUT2D eigenvalue weighted by Crippen LogP contribution is -2.24. The van der Waals surface area contributed by atoms with Gasteiger partial charge in [0.15, 0.2) is 11.5 Å². The Hall–Kier alpha value is -2.24. The zero-order chi connectivity index (χ0) is 18.0. The number of ether oxygens (including phenoxy) is 3. The molecule has 1 N–H and O–H groups in total. The highest BCUT2D eigenvalue weighted by atomic mass is 16.5. The van der Waals surface area contributed by atoms with Crippen LogP contribution in [0.1, 0.15) is 43.0 Å². The molecule has 0 radical (unpaired) electrons. The van der Waals surface area contributed by atoms with Crippen LogP contribution in [0.4, 0.5) is 0 Å². The van der Waals surface area contributed by atoms with E-state index in [1.807, 2.05) is 6.92 Å². The molecule has 0 spiro atoms. The fourth-order valence-corrected chi connectivity index (χ4v) is 4.25. The zero-order valence-corrected chi connectivity index (χ0v) is 15.3. The second kappa shape index (κ2) is 7.33. The Balaban J connectivity index is 1.73. The summed E-state index contributed by atoms with van der Waals surface area (Å²) >= 11 is 0. The lowest BCUT2D eigenvalue weighted by Gasteiger charge is -2.21. The predicted octanol–water partition coefficient (Wildman–Crippen LogP) is 3.25. The predicted molar refractivity (Wildman–Crippen MR) is 95.6 cm³/mol. The van der Waals surface area contributed by atoms with E-state index in [0.29, 0.717) is 28.7 Å². The van der Waals surface area contributed by atoms with Gasteiger partial charge in [-0.05, 0) is 50.2 Å². The van der Waals surface area contributed by atoms with Crippen molar-refractivity contribution in [3.63, 3.8) is 0 Å². The van der Waals surface area contributed by atoms with E-state index in [9.17, 15) is 4.79 Å². The minimum atomic E-state index is -0.290. The third kappa shape index (κ3) is 3.43. The monoisotopic (exact) mass is 346 g/mol. The largest absolute Gasteiger partial charge is 0.493 e. The van der Waals surface area contributed by atoms with Gasteiger partial charge in [-0.1, -0.05) is 6.42 Å². The molecule has 6 heteroatoms. The van der Waals surface area contributed by atoms with Crippen LogP contribution < -0.4 is 19.6 Å². The number of rotatable bonds is 6. The van der Waals surface area contributed by atoms with E-state index in [1.165, 1.54) is 47.0 Å². The molecule has 0 saturated heterocycles. The van der Waals surface area contributed by atoms with E-state index in [1.54, 1.807) is 12.1 Å². The summed E-state index contributed by atoms with van der Waals surface area (Å²) in [6.07, 6.45) is 5.17. The fourth-order valence-electron chi connectivity index (χ4n) is 4.25. The summed E-state index contributed by atoms with van der Waals surface area (Å²) in [7, 11) is 4.58. The van der Waals surface area contributed by atoms with Gasteiger partial charge in [0.1, 0.15) is 0 Å². The van der Waals surface area contributed by atoms with Gasteiger partial charge < -0.3 is 14.2 Å². The van der Waals surface area contributed by atoms with Gasteiger partial charge in [-0.15, -0.1) is 0 Å². The van der Waals surface area contributed by atoms with E-state index in [0.717, 1.165) is 17.5 Å². The van der Waals surface area contributed by atoms with Crippen LogP contribution in [0.15, 0.2) is 17.2 Å². The van der Waals surface area contributed by atoms with Crippen LogP contribution in [0.5, 0.6) is 17.2 Å². The Morgan fingerprint density at radius 3 is 2.24 bits per heavy atom. The molecule has 0 aromatic heterocycles. The number of hydrogen-bond donors (Lipinski definition) is 1. The highest BCUT2D eigenvalue weighted by Gasteiger charge is 2.40. The molecule has 1 aromatic rings. The summed E-state index contributed by atoms with van der Waals surface area (Å²) in [6, 6.07) is 3.25. The van der Waals surface area contributed by atoms with Crippen molar-refractivity contribution in [1.29, 1.82) is 0 Å². The molecule has 25 heavy (non-hydrogen) atoms. The van der Waals surface area contributed by atoms with Gasteiger partial charge >= 0.3 is 0 Å². The van der Waals surface area contributed by atoms with E-state index in [4.69, 9.17) is 14.2 Å². The molecule has 2 saturated carbocycles. The molecule has 1 amide bonds. The molecule has 0 unspecified atom stereocenters. The van der Waals surface area contributed by atoms with Gasteiger partial charge in [0.2, 0.25) is 5.75 Å². The van der Waals surface area contributed by atoms with Crippen LogP contribution in [0.3, 0.4) is 0 Å². The fraction of sp³-hybridized carbons (Fsp3) is 0.579. The topological polar surface area (TPSA) is 69.2 Å². The van der Waals surface area contributed by atoms with Crippen LogP contribution in [-0.2, 0) is 0 Å². The lowest BCUT2D eigenvalue weighted by molar-refractivity contribution is 0.0953. The Kier molecular flexibility index (Phi) is 5.16. The molecule has 3 atom stereocenters. The van der Waals surface area contributed by atoms with Crippen molar-refractivity contribution in [2.45, 2.75) is 32.6 Å². The van der Waals surface area contributed by atoms with E-state index < -0.39 is 0 Å². The molecule has 2 fully saturated rings. The summed E-state index contributed by atoms with van der Waals surface area (Å²) in [5, 5.41) is 4.36. The highest BCUT2D eigenvalue weighted by Crippen LogP contribution is 2.48. The molecule has 136 valence electrons. The van der Waals surface area contributed by atoms with Crippen molar-refractivity contribution in [1.82, 2.24) is 5.43 Å². The van der Waals surface area contributed by atoms with Crippen LogP contribution in [0, 0.1) is 17.8 Å². The number of benzene rings is 1. The number of carbonyl (C=O) groups is 1. The SMILES string of the molecule is COc1cc(C(=O)N/N=C(/C)[C@H]2C[C@H]3CC[C@@H]2C3)cc(OC)c1OC. The van der Waals surface area contributed by atoms with Crippen molar-refractivity contribution in [3.8, 4) is 17.2 Å². The molecule has 2 aliphatic carbocycles. The van der Waals surface area contributed by atoms with Crippen molar-refractivity contribution in [2.24, 2.45) is 22.9 Å². The summed E-state index contributed by atoms with van der Waals surface area (Å²) < 4.78 is 15.9. The van der Waals surface area contributed by atoms with Crippen molar-refractivity contribution < 1.29 is 19.0 Å². The summed E-state index contributed by atoms with van der Waals surface area (Å²) in [4.78, 5) is 12.5. The number of hydrazone groups is 1. The molecule has 0 aliphatic heterocycles. The molecule has 3 rings (SSSR count). The highest BCUT2D eigenvalue weighted by molar-refractivity contribution is 5.96. The Labute approximate surface area is 148 Å². The zero-order valence-electron chi connectivity index (χ0n) is 15.3. The van der Waals surface area contributed by atoms with Crippen LogP contribution in [0.2, 0.25) is 0 Å². The lowest BCUT2D eigenvalue weighted by atomic mass is 9.86. The van der Waals surface area contributed by atoms with E-state index in [-0.39, 0.29) is 5.91 Å². The minimum Gasteiger partial charge on any atom is -0.493 e. The summed E-state index contributed by atoms with van der Waals surface area (Å²) in [5.74, 6) is 3.17. The molecular formula is C19H26N2O4. The standard InChI is InChI=1S/C19H26N2O4/c1-11(15-8-12-5-6-13(15)7-12)20-21-19(22)14-9-16(23-2)18(25-4)17(10-14)24-3/h9-10,12-13,15H,5-8H2,1-4H3,(H,21,22)/b20-11-/t12-,13+,15+/m0/s1. The van der Waals surface area contributed by atoms with E-state index >= 15 is 0 Å². The van der Waals surface area contributed by atoms with Crippen molar-refractivity contribution in [2.75, 3.05) is 21.3 Å². The average Bonchev–Trinajstić information content (AvgIpc) is 3.27. The van der Waals surface area contributed by atoms with Gasteiger partial charge in [0.25, 0.3) is 5.91 Å². The third-order valence-electron chi connectivity index (χ3n) is 5.54. The number of nitrogens with zero attached hydrogens (tertiary/aromatic N) is 1. The van der Waals surface area contributed by atoms with E-state index in [2.05, 4.69) is 10.5 Å². The third-order valence-corrected chi connectivity index (χ3v) is 5.54. The number of hydrogen-bond acceptors (Lipinski definition) is 5. The number of fused-ring (bicyclic) bond motifs is 2. The van der Waals surface area contributed by atoms with Crippen LogP contribution in [-0.4, -0.2) is 32.9 Å². The maximum absolute atomic E-state index is 12.5. The molecule has 0 heterocycles. The second-order valence-corrected chi connectivity index (χ2v) is 6.89. The maximum atomic E-state index is 12.5. The quantitative estimate of drug-likeness (QED) is 0.634. The molecule has 2 aliphatic rings. The number of carbonyl (C=O) groups excluding carboxylic acids is 1. The Morgan fingerprint density at radius 1 is 1.08 bits per heavy atom. The van der Waals surface area contributed by atoms with Crippen LogP contribution >= 0.6 is 0 Å². The van der Waals surface area contributed by atoms with Crippen molar-refractivity contribution >= 4 is 11.6 Å². The molecule has 2 bridgehead atoms. The number of amides is 1. The molecule has 6 nitrogen and oxygen atoms in total. The summed E-state index contributed by atoms with van der Waals surface area (Å²) in [6.45, 7) is 2.01. The van der Waals surface area contributed by atoms with Gasteiger partial charge in [0.05, 0.1) is 21.3 Å². The average molecular weight is 346 g/mol. The smallest absolute Gasteiger partial charge is 0.271 e. The number of nitrogens with one attached hydrogen (secondary N) is 1. The van der Waals surface area contributed by atoms with Crippen molar-refractivity contribution in [3.05, 3.63) is 17.7 Å². The van der Waals surface area contributed by atoms with Gasteiger partial charge in [-0.25, -0.2) is 5.43 Å². The first-order valence-corrected chi connectivity index (χ1v) is 8.71. The van der Waals surface area contributed by atoms with Gasteiger partial charge in [0, 0.05) is 17.2 Å². The van der Waals surface area contributed by atoms with Crippen LogP contribution in [0.25, 0.3) is 0 Å². The first kappa shape index (κ1) is 17.6. The second-order valence-electron chi connectivity index (χ2n) is 6.89. The maximum Gasteiger partial charge on any atom is 0.271 e. The first-order valence-electron chi connectivity index (χ1n) is 8.71. The van der Waals surface area contributed by atoms with Gasteiger partial charge in [-0.2, -0.15) is 5.10 Å². The number of methoxy groups -OCH3 is 3. The minimum absolute atomic E-state index is 0.290. The summed E-state index contributed by atoms with van der Waals surface area (Å²) in [5.41, 5.74) is 4.11. The van der Waals surface area contributed by atoms with Gasteiger partial charge in [-0.3, -0.25) is 4.79 Å². The molecular weight excluding hydrogens is 320 g/mol. The normalized spacial score (nSPS) is 25.0.